The molecule has 0 fully saturated rings. The molecule has 3 aromatic rings. The Kier molecular flexibility index (Phi) is 5.18. The van der Waals surface area contributed by atoms with Crippen molar-refractivity contribution in [2.75, 3.05) is 6.61 Å². The van der Waals surface area contributed by atoms with E-state index in [4.69, 9.17) is 19.7 Å². The van der Waals surface area contributed by atoms with Crippen molar-refractivity contribution >= 4 is 28.2 Å². The summed E-state index contributed by atoms with van der Waals surface area (Å²) in [6.45, 7) is 11.2. The minimum Gasteiger partial charge on any atom is -0.474 e. The van der Waals surface area contributed by atoms with Gasteiger partial charge in [-0.2, -0.15) is 0 Å². The lowest BCUT2D eigenvalue weighted by atomic mass is 10.0. The number of pyridine rings is 1. The number of benzene rings is 2. The molecule has 148 valence electrons. The molecular weight excluding hydrogens is 358 g/mol. The maximum Gasteiger partial charge on any atom is 0.235 e. The third-order valence-electron chi connectivity index (χ3n) is 5.49. The maximum absolute atomic E-state index is 5.85. The molecule has 0 spiro atoms. The molecular formula is C25H27N3O. The highest BCUT2D eigenvalue weighted by Gasteiger charge is 2.23. The minimum atomic E-state index is 0.199. The molecule has 1 aliphatic rings. The molecule has 1 aromatic heterocycles. The molecule has 29 heavy (non-hydrogen) atoms. The molecule has 4 nitrogen and oxygen atoms in total. The molecule has 2 heterocycles. The second-order valence-electron chi connectivity index (χ2n) is 8.07. The van der Waals surface area contributed by atoms with Crippen LogP contribution in [-0.2, 0) is 4.74 Å². The lowest BCUT2D eigenvalue weighted by Crippen LogP contribution is -2.13. The zero-order chi connectivity index (χ0) is 20.5. The van der Waals surface area contributed by atoms with Crippen LogP contribution in [0.1, 0.15) is 43.2 Å². The molecule has 0 amide bonds. The predicted octanol–water partition coefficient (Wildman–Crippen LogP) is 5.79. The number of rotatable bonds is 4. The summed E-state index contributed by atoms with van der Waals surface area (Å²) < 4.78 is 5.85. The van der Waals surface area contributed by atoms with Crippen molar-refractivity contribution < 1.29 is 4.74 Å². The van der Waals surface area contributed by atoms with Crippen molar-refractivity contribution in [2.45, 2.75) is 40.7 Å². The average Bonchev–Trinajstić information content (AvgIpc) is 3.20. The highest BCUT2D eigenvalue weighted by molar-refractivity contribution is 6.10. The molecule has 0 radical (unpaired) electrons. The summed E-state index contributed by atoms with van der Waals surface area (Å²) >= 11 is 0. The zero-order valence-corrected chi connectivity index (χ0v) is 17.7. The van der Waals surface area contributed by atoms with Crippen LogP contribution in [0.5, 0.6) is 0 Å². The van der Waals surface area contributed by atoms with Gasteiger partial charge in [0.1, 0.15) is 12.3 Å². The third-order valence-corrected chi connectivity index (χ3v) is 5.49. The first-order valence-electron chi connectivity index (χ1n) is 10.2. The largest absolute Gasteiger partial charge is 0.474 e. The van der Waals surface area contributed by atoms with E-state index in [0.29, 0.717) is 18.4 Å². The standard InChI is InChI=1S/C25H27N3O/c1-15(2)22-14-29-25(28-22)21-13-12-19-10-7-11-20(24(19)27-21)18(5)26-23-16(3)8-6-9-17(23)4/h6-13,15,22H,14H2,1-5H3. The minimum absolute atomic E-state index is 0.199. The van der Waals surface area contributed by atoms with Crippen LogP contribution >= 0.6 is 0 Å². The number of ether oxygens (including phenoxy) is 1. The highest BCUT2D eigenvalue weighted by Crippen LogP contribution is 2.26. The van der Waals surface area contributed by atoms with Crippen molar-refractivity contribution in [1.82, 2.24) is 4.98 Å². The summed E-state index contributed by atoms with van der Waals surface area (Å²) in [5.41, 5.74) is 7.07. The summed E-state index contributed by atoms with van der Waals surface area (Å²) in [7, 11) is 0. The van der Waals surface area contributed by atoms with Gasteiger partial charge in [-0.15, -0.1) is 0 Å². The van der Waals surface area contributed by atoms with Gasteiger partial charge >= 0.3 is 0 Å². The van der Waals surface area contributed by atoms with Gasteiger partial charge in [0.05, 0.1) is 17.2 Å². The number of para-hydroxylation sites is 2. The Balaban J connectivity index is 1.79. The van der Waals surface area contributed by atoms with E-state index in [-0.39, 0.29) is 6.04 Å². The number of hydrogen-bond acceptors (Lipinski definition) is 4. The third kappa shape index (κ3) is 3.80. The van der Waals surface area contributed by atoms with Gasteiger partial charge in [-0.1, -0.05) is 56.3 Å². The van der Waals surface area contributed by atoms with E-state index < -0.39 is 0 Å². The smallest absolute Gasteiger partial charge is 0.235 e. The molecule has 0 bridgehead atoms. The van der Waals surface area contributed by atoms with Crippen LogP contribution in [-0.4, -0.2) is 29.2 Å². The lowest BCUT2D eigenvalue weighted by molar-refractivity contribution is 0.291. The topological polar surface area (TPSA) is 46.8 Å². The normalized spacial score (nSPS) is 17.0. The van der Waals surface area contributed by atoms with Gasteiger partial charge in [0.25, 0.3) is 0 Å². The second-order valence-corrected chi connectivity index (χ2v) is 8.07. The number of aromatic nitrogens is 1. The van der Waals surface area contributed by atoms with E-state index in [9.17, 15) is 0 Å². The van der Waals surface area contributed by atoms with E-state index in [0.717, 1.165) is 33.6 Å². The van der Waals surface area contributed by atoms with Crippen molar-refractivity contribution in [1.29, 1.82) is 0 Å². The first-order valence-corrected chi connectivity index (χ1v) is 10.2. The summed E-state index contributed by atoms with van der Waals surface area (Å²) in [6.07, 6.45) is 0. The van der Waals surface area contributed by atoms with Crippen LogP contribution < -0.4 is 0 Å². The number of aryl methyl sites for hydroxylation is 2. The Morgan fingerprint density at radius 3 is 2.45 bits per heavy atom. The van der Waals surface area contributed by atoms with Gasteiger partial charge in [0.2, 0.25) is 5.90 Å². The summed E-state index contributed by atoms with van der Waals surface area (Å²) in [5, 5.41) is 1.08. The lowest BCUT2D eigenvalue weighted by Gasteiger charge is -2.10. The summed E-state index contributed by atoms with van der Waals surface area (Å²) in [5.74, 6) is 1.10. The number of fused-ring (bicyclic) bond motifs is 1. The van der Waals surface area contributed by atoms with E-state index in [1.54, 1.807) is 0 Å². The fraction of sp³-hybridized carbons (Fsp3) is 0.320. The van der Waals surface area contributed by atoms with Crippen molar-refractivity contribution in [3.05, 3.63) is 70.9 Å². The molecule has 4 rings (SSSR count). The van der Waals surface area contributed by atoms with E-state index in [2.05, 4.69) is 70.2 Å². The first-order chi connectivity index (χ1) is 13.9. The molecule has 0 N–H and O–H groups in total. The van der Waals surface area contributed by atoms with Crippen LogP contribution in [0.15, 0.2) is 58.5 Å². The van der Waals surface area contributed by atoms with Gasteiger partial charge in [-0.3, -0.25) is 4.99 Å². The van der Waals surface area contributed by atoms with Gasteiger partial charge in [0, 0.05) is 16.7 Å². The molecule has 1 aliphatic heterocycles. The fourth-order valence-electron chi connectivity index (χ4n) is 3.64. The quantitative estimate of drug-likeness (QED) is 0.533. The van der Waals surface area contributed by atoms with Gasteiger partial charge < -0.3 is 4.74 Å². The fourth-order valence-corrected chi connectivity index (χ4v) is 3.64. The van der Waals surface area contributed by atoms with Crippen LogP contribution in [0.4, 0.5) is 5.69 Å². The molecule has 4 heteroatoms. The Morgan fingerprint density at radius 1 is 1.03 bits per heavy atom. The Bertz CT molecular complexity index is 1110. The average molecular weight is 386 g/mol. The molecule has 1 atom stereocenters. The van der Waals surface area contributed by atoms with E-state index >= 15 is 0 Å². The number of hydrogen-bond donors (Lipinski definition) is 0. The summed E-state index contributed by atoms with van der Waals surface area (Å²) in [6, 6.07) is 16.8. The van der Waals surface area contributed by atoms with Crippen LogP contribution in [0.2, 0.25) is 0 Å². The van der Waals surface area contributed by atoms with Crippen LogP contribution in [0.3, 0.4) is 0 Å². The SMILES string of the molecule is CC(=Nc1c(C)cccc1C)c1cccc2ccc(C3=NC(C(C)C)CO3)nc12. The van der Waals surface area contributed by atoms with Gasteiger partial charge in [-0.05, 0) is 43.9 Å². The van der Waals surface area contributed by atoms with Crippen LogP contribution in [0.25, 0.3) is 10.9 Å². The Morgan fingerprint density at radius 2 is 1.76 bits per heavy atom. The van der Waals surface area contributed by atoms with Crippen molar-refractivity contribution in [3.63, 3.8) is 0 Å². The first kappa shape index (κ1) is 19.3. The monoisotopic (exact) mass is 385 g/mol. The van der Waals surface area contributed by atoms with E-state index in [1.807, 2.05) is 13.0 Å². The number of aliphatic imine (C=N–C) groups is 2. The maximum atomic E-state index is 5.85. The highest BCUT2D eigenvalue weighted by atomic mass is 16.5. The summed E-state index contributed by atoms with van der Waals surface area (Å²) in [4.78, 5) is 14.6. The number of nitrogens with zero attached hydrogens (tertiary/aromatic N) is 3. The van der Waals surface area contributed by atoms with Gasteiger partial charge in [0.15, 0.2) is 0 Å². The van der Waals surface area contributed by atoms with Crippen molar-refractivity contribution in [2.24, 2.45) is 15.9 Å². The molecule has 1 unspecified atom stereocenters. The van der Waals surface area contributed by atoms with Crippen LogP contribution in [0, 0.1) is 19.8 Å². The predicted molar refractivity (Wildman–Crippen MR) is 121 cm³/mol. The van der Waals surface area contributed by atoms with Crippen molar-refractivity contribution in [3.8, 4) is 0 Å². The second kappa shape index (κ2) is 7.78. The molecule has 2 aromatic carbocycles. The molecule has 0 saturated carbocycles. The molecule has 0 aliphatic carbocycles. The van der Waals surface area contributed by atoms with Gasteiger partial charge in [-0.25, -0.2) is 9.98 Å². The molecule has 0 saturated heterocycles. The zero-order valence-electron chi connectivity index (χ0n) is 17.7. The Labute approximate surface area is 172 Å². The Hall–Kier alpha value is -3.01. The van der Waals surface area contributed by atoms with E-state index in [1.165, 1.54) is 11.1 Å².